The predicted molar refractivity (Wildman–Crippen MR) is 104 cm³/mol. The smallest absolute Gasteiger partial charge is 0.235 e. The van der Waals surface area contributed by atoms with Crippen LogP contribution in [-0.2, 0) is 14.9 Å². The Morgan fingerprint density at radius 2 is 2.04 bits per heavy atom. The van der Waals surface area contributed by atoms with Crippen LogP contribution in [0.25, 0.3) is 0 Å². The predicted octanol–water partition coefficient (Wildman–Crippen LogP) is 4.19. The molecule has 0 radical (unpaired) electrons. The number of carbonyl (C=O) groups excluding carboxylic acids is 1. The molecule has 1 N–H and O–H groups in total. The molecule has 2 aromatic carbocycles. The first-order valence-corrected chi connectivity index (χ1v) is 9.50. The number of hydrogen-bond acceptors (Lipinski definition) is 4. The summed E-state index contributed by atoms with van der Waals surface area (Å²) in [5.41, 5.74) is 0.846. The third-order valence-corrected chi connectivity index (χ3v) is 5.56. The van der Waals surface area contributed by atoms with Gasteiger partial charge in [0.2, 0.25) is 5.91 Å². The van der Waals surface area contributed by atoms with Gasteiger partial charge in [0.05, 0.1) is 29.3 Å². The molecule has 1 unspecified atom stereocenters. The third-order valence-electron chi connectivity index (χ3n) is 5.23. The molecule has 2 aromatic rings. The van der Waals surface area contributed by atoms with E-state index < -0.39 is 5.41 Å². The Morgan fingerprint density at radius 3 is 2.67 bits per heavy atom. The molecule has 0 aromatic heterocycles. The van der Waals surface area contributed by atoms with Crippen LogP contribution in [0, 0.1) is 0 Å². The van der Waals surface area contributed by atoms with E-state index in [0.717, 1.165) is 31.4 Å². The largest absolute Gasteiger partial charge is 0.493 e. The number of hydrogen-bond donors (Lipinski definition) is 1. The number of ether oxygens (including phenoxy) is 3. The van der Waals surface area contributed by atoms with Crippen LogP contribution in [0.5, 0.6) is 11.5 Å². The van der Waals surface area contributed by atoms with Crippen molar-refractivity contribution in [1.82, 2.24) is 0 Å². The van der Waals surface area contributed by atoms with Crippen molar-refractivity contribution in [3.8, 4) is 11.5 Å². The average Bonchev–Trinajstić information content (AvgIpc) is 3.44. The number of nitrogens with one attached hydrogen (secondary N) is 1. The fourth-order valence-corrected chi connectivity index (χ4v) is 3.53. The molecule has 1 aliphatic carbocycles. The van der Waals surface area contributed by atoms with Crippen molar-refractivity contribution in [2.45, 2.75) is 30.8 Å². The summed E-state index contributed by atoms with van der Waals surface area (Å²) in [5, 5.41) is 3.49. The molecule has 1 amide bonds. The highest BCUT2D eigenvalue weighted by Gasteiger charge is 2.53. The second-order valence-corrected chi connectivity index (χ2v) is 7.35. The molecular weight excluding hydrogens is 366 g/mol. The monoisotopic (exact) mass is 387 g/mol. The molecule has 5 nitrogen and oxygen atoms in total. The van der Waals surface area contributed by atoms with E-state index in [-0.39, 0.29) is 12.0 Å². The maximum atomic E-state index is 13.1. The van der Waals surface area contributed by atoms with Crippen LogP contribution in [0.4, 0.5) is 5.69 Å². The quantitative estimate of drug-likeness (QED) is 0.774. The highest BCUT2D eigenvalue weighted by molar-refractivity contribution is 6.33. The van der Waals surface area contributed by atoms with E-state index in [1.807, 2.05) is 30.3 Å². The van der Waals surface area contributed by atoms with Gasteiger partial charge >= 0.3 is 0 Å². The summed E-state index contributed by atoms with van der Waals surface area (Å²) in [6, 6.07) is 12.9. The van der Waals surface area contributed by atoms with Gasteiger partial charge in [-0.25, -0.2) is 0 Å². The standard InChI is InChI=1S/C21H22ClNO4/c1-25-18-8-4-5-15(19(18)27-13-14-9-12-26-14)21(10-11-21)20(24)23-17-7-3-2-6-16(17)22/h2-8,14H,9-13H2,1H3,(H,23,24). The molecular formula is C21H22ClNO4. The summed E-state index contributed by atoms with van der Waals surface area (Å²) < 4.78 is 17.0. The molecule has 1 heterocycles. The Hall–Kier alpha value is -2.24. The number of methoxy groups -OCH3 is 1. The van der Waals surface area contributed by atoms with Crippen LogP contribution in [0.15, 0.2) is 42.5 Å². The van der Waals surface area contributed by atoms with Crippen LogP contribution in [0.1, 0.15) is 24.8 Å². The normalized spacial score (nSPS) is 19.7. The number of anilines is 1. The minimum Gasteiger partial charge on any atom is -0.493 e. The van der Waals surface area contributed by atoms with Gasteiger partial charge in [-0.3, -0.25) is 4.79 Å². The molecule has 0 spiro atoms. The summed E-state index contributed by atoms with van der Waals surface area (Å²) in [7, 11) is 1.61. The van der Waals surface area contributed by atoms with Gasteiger partial charge in [-0.05, 0) is 31.0 Å². The maximum absolute atomic E-state index is 13.1. The highest BCUT2D eigenvalue weighted by atomic mass is 35.5. The fraction of sp³-hybridized carbons (Fsp3) is 0.381. The molecule has 2 fully saturated rings. The van der Waals surface area contributed by atoms with Crippen LogP contribution in [0.2, 0.25) is 5.02 Å². The van der Waals surface area contributed by atoms with E-state index in [2.05, 4.69) is 5.32 Å². The summed E-state index contributed by atoms with van der Waals surface area (Å²) in [4.78, 5) is 13.1. The van der Waals surface area contributed by atoms with Gasteiger partial charge in [-0.15, -0.1) is 0 Å². The van der Waals surface area contributed by atoms with Crippen molar-refractivity contribution in [3.05, 3.63) is 53.1 Å². The van der Waals surface area contributed by atoms with Crippen molar-refractivity contribution in [3.63, 3.8) is 0 Å². The van der Waals surface area contributed by atoms with Crippen LogP contribution in [0.3, 0.4) is 0 Å². The van der Waals surface area contributed by atoms with Gasteiger partial charge in [-0.2, -0.15) is 0 Å². The van der Waals surface area contributed by atoms with Crippen LogP contribution in [-0.4, -0.2) is 32.3 Å². The zero-order valence-corrected chi connectivity index (χ0v) is 15.9. The second-order valence-electron chi connectivity index (χ2n) is 6.95. The molecule has 0 bridgehead atoms. The lowest BCUT2D eigenvalue weighted by Crippen LogP contribution is -2.33. The number of para-hydroxylation sites is 2. The number of amides is 1. The minimum absolute atomic E-state index is 0.0754. The molecule has 2 aliphatic rings. The number of benzene rings is 2. The van der Waals surface area contributed by atoms with Gasteiger partial charge in [-0.1, -0.05) is 35.9 Å². The van der Waals surface area contributed by atoms with Crippen molar-refractivity contribution in [1.29, 1.82) is 0 Å². The van der Waals surface area contributed by atoms with Crippen LogP contribution < -0.4 is 14.8 Å². The van der Waals surface area contributed by atoms with Crippen molar-refractivity contribution in [2.75, 3.05) is 25.6 Å². The Morgan fingerprint density at radius 1 is 1.26 bits per heavy atom. The Kier molecular flexibility index (Phi) is 4.98. The summed E-state index contributed by atoms with van der Waals surface area (Å²) in [5.74, 6) is 1.18. The van der Waals surface area contributed by atoms with Gasteiger partial charge in [0.25, 0.3) is 0 Å². The van der Waals surface area contributed by atoms with E-state index in [1.54, 1.807) is 19.2 Å². The lowest BCUT2D eigenvalue weighted by atomic mass is 9.93. The molecule has 1 atom stereocenters. The van der Waals surface area contributed by atoms with Crippen LogP contribution >= 0.6 is 11.6 Å². The van der Waals surface area contributed by atoms with E-state index in [1.165, 1.54) is 0 Å². The Labute approximate surface area is 163 Å². The molecule has 4 rings (SSSR count). The summed E-state index contributed by atoms with van der Waals surface area (Å²) >= 11 is 6.20. The summed E-state index contributed by atoms with van der Waals surface area (Å²) in [6.07, 6.45) is 2.61. The fourth-order valence-electron chi connectivity index (χ4n) is 3.34. The van der Waals surface area contributed by atoms with Gasteiger partial charge < -0.3 is 19.5 Å². The first-order chi connectivity index (χ1) is 13.1. The lowest BCUT2D eigenvalue weighted by Gasteiger charge is -2.28. The SMILES string of the molecule is COc1cccc(C2(C(=O)Nc3ccccc3Cl)CC2)c1OCC1CCO1. The molecule has 1 aliphatic heterocycles. The van der Waals surface area contributed by atoms with Crippen molar-refractivity contribution in [2.24, 2.45) is 0 Å². The minimum atomic E-state index is -0.622. The van der Waals surface area contributed by atoms with Gasteiger partial charge in [0, 0.05) is 18.6 Å². The topological polar surface area (TPSA) is 56.8 Å². The van der Waals surface area contributed by atoms with E-state index in [4.69, 9.17) is 25.8 Å². The average molecular weight is 388 g/mol. The molecule has 1 saturated carbocycles. The molecule has 6 heteroatoms. The second kappa shape index (κ2) is 7.41. The van der Waals surface area contributed by atoms with Crippen molar-refractivity contribution < 1.29 is 19.0 Å². The first-order valence-electron chi connectivity index (χ1n) is 9.12. The first kappa shape index (κ1) is 18.1. The zero-order chi connectivity index (χ0) is 18.9. The number of halogens is 1. The van der Waals surface area contributed by atoms with Crippen molar-refractivity contribution >= 4 is 23.2 Å². The molecule has 27 heavy (non-hydrogen) atoms. The highest BCUT2D eigenvalue weighted by Crippen LogP contribution is 2.54. The van der Waals surface area contributed by atoms with E-state index in [0.29, 0.717) is 28.8 Å². The van der Waals surface area contributed by atoms with E-state index in [9.17, 15) is 4.79 Å². The number of carbonyl (C=O) groups is 1. The number of rotatable bonds is 7. The summed E-state index contributed by atoms with van der Waals surface area (Å²) in [6.45, 7) is 1.23. The van der Waals surface area contributed by atoms with Gasteiger partial charge in [0.15, 0.2) is 11.5 Å². The van der Waals surface area contributed by atoms with E-state index >= 15 is 0 Å². The maximum Gasteiger partial charge on any atom is 0.235 e. The third kappa shape index (κ3) is 3.49. The molecule has 1 saturated heterocycles. The Balaban J connectivity index is 1.61. The molecule has 142 valence electrons. The lowest BCUT2D eigenvalue weighted by molar-refractivity contribution is -0.118. The Bertz CT molecular complexity index is 846. The van der Waals surface area contributed by atoms with Gasteiger partial charge in [0.1, 0.15) is 6.61 Å². The zero-order valence-electron chi connectivity index (χ0n) is 15.2.